The molecule has 2 heterocycles. The summed E-state index contributed by atoms with van der Waals surface area (Å²) in [5, 5.41) is 8.79. The maximum atomic E-state index is 13.2. The van der Waals surface area contributed by atoms with Crippen LogP contribution in [-0.4, -0.2) is 27.4 Å². The fourth-order valence-corrected chi connectivity index (χ4v) is 1.41. The lowest BCUT2D eigenvalue weighted by Crippen LogP contribution is -2.28. The van der Waals surface area contributed by atoms with E-state index in [1.54, 1.807) is 0 Å². The van der Waals surface area contributed by atoms with Crippen LogP contribution in [-0.2, 0) is 4.74 Å². The summed E-state index contributed by atoms with van der Waals surface area (Å²) in [5.41, 5.74) is 4.68. The number of nitrogens with zero attached hydrogens (tertiary/aromatic N) is 2. The predicted octanol–water partition coefficient (Wildman–Crippen LogP) is -0.431. The fourth-order valence-electron chi connectivity index (χ4n) is 1.41. The van der Waals surface area contributed by atoms with Crippen LogP contribution in [0.15, 0.2) is 29.0 Å². The average molecular weight is 227 g/mol. The third-order valence-electron chi connectivity index (χ3n) is 2.20. The zero-order valence-electron chi connectivity index (χ0n) is 8.21. The van der Waals surface area contributed by atoms with Gasteiger partial charge in [0.2, 0.25) is 0 Å². The van der Waals surface area contributed by atoms with E-state index in [9.17, 15) is 9.18 Å². The molecule has 0 radical (unpaired) electrons. The Hall–Kier alpha value is -1.73. The molecule has 1 aromatic rings. The van der Waals surface area contributed by atoms with Gasteiger partial charge in [0.15, 0.2) is 6.23 Å². The van der Waals surface area contributed by atoms with Crippen LogP contribution in [0.4, 0.5) is 10.2 Å². The molecule has 0 aromatic carbocycles. The van der Waals surface area contributed by atoms with Gasteiger partial charge in [0.1, 0.15) is 17.7 Å². The molecule has 2 rings (SSSR count). The zero-order chi connectivity index (χ0) is 11.7. The molecular weight excluding hydrogens is 217 g/mol. The standard InChI is InChI=1S/C9H10FN3O3/c10-5-3-8(16-6(5)4-14)13-2-1-7(11)12-9(13)15/h1-3,6,8,14H,4H2,(H2,11,12,15)/t6?,8-/m0/s1. The van der Waals surface area contributed by atoms with E-state index in [1.807, 2.05) is 0 Å². The van der Waals surface area contributed by atoms with Gasteiger partial charge in [-0.3, -0.25) is 4.57 Å². The number of rotatable bonds is 2. The van der Waals surface area contributed by atoms with Gasteiger partial charge in [0.05, 0.1) is 6.61 Å². The first-order chi connectivity index (χ1) is 7.61. The molecule has 0 saturated heterocycles. The molecule has 0 amide bonds. The predicted molar refractivity (Wildman–Crippen MR) is 53.1 cm³/mol. The minimum atomic E-state index is -1.02. The second-order valence-corrected chi connectivity index (χ2v) is 3.29. The number of halogens is 1. The van der Waals surface area contributed by atoms with Gasteiger partial charge in [-0.05, 0) is 12.1 Å². The quantitative estimate of drug-likeness (QED) is 0.715. The Balaban J connectivity index is 2.31. The van der Waals surface area contributed by atoms with Crippen molar-refractivity contribution in [1.82, 2.24) is 9.55 Å². The Morgan fingerprint density at radius 3 is 3.00 bits per heavy atom. The number of aliphatic hydroxyl groups excluding tert-OH is 1. The van der Waals surface area contributed by atoms with E-state index in [1.165, 1.54) is 12.3 Å². The molecule has 1 aromatic heterocycles. The van der Waals surface area contributed by atoms with Gasteiger partial charge < -0.3 is 15.6 Å². The fraction of sp³-hybridized carbons (Fsp3) is 0.333. The molecule has 0 spiro atoms. The number of hydrogen-bond donors (Lipinski definition) is 2. The van der Waals surface area contributed by atoms with Gasteiger partial charge in [0.25, 0.3) is 0 Å². The Bertz CT molecular complexity index is 485. The summed E-state index contributed by atoms with van der Waals surface area (Å²) in [4.78, 5) is 14.9. The number of ether oxygens (including phenoxy) is 1. The van der Waals surface area contributed by atoms with Crippen molar-refractivity contribution < 1.29 is 14.2 Å². The topological polar surface area (TPSA) is 90.4 Å². The second-order valence-electron chi connectivity index (χ2n) is 3.29. The Morgan fingerprint density at radius 2 is 2.44 bits per heavy atom. The number of hydrogen-bond acceptors (Lipinski definition) is 5. The van der Waals surface area contributed by atoms with Crippen molar-refractivity contribution in [2.24, 2.45) is 0 Å². The second kappa shape index (κ2) is 4.03. The van der Waals surface area contributed by atoms with Crippen LogP contribution in [0, 0.1) is 0 Å². The molecule has 1 unspecified atom stereocenters. The number of aliphatic hydroxyl groups is 1. The van der Waals surface area contributed by atoms with Gasteiger partial charge in [-0.15, -0.1) is 0 Å². The van der Waals surface area contributed by atoms with Gasteiger partial charge in [0, 0.05) is 6.20 Å². The lowest BCUT2D eigenvalue weighted by molar-refractivity contribution is -0.0198. The zero-order valence-corrected chi connectivity index (χ0v) is 8.21. The van der Waals surface area contributed by atoms with Crippen LogP contribution >= 0.6 is 0 Å². The normalized spacial score (nSPS) is 24.5. The highest BCUT2D eigenvalue weighted by molar-refractivity contribution is 5.24. The van der Waals surface area contributed by atoms with Crippen molar-refractivity contribution in [2.75, 3.05) is 12.3 Å². The van der Waals surface area contributed by atoms with Crippen molar-refractivity contribution in [1.29, 1.82) is 0 Å². The number of aromatic nitrogens is 2. The molecular formula is C9H10FN3O3. The van der Waals surface area contributed by atoms with E-state index in [-0.39, 0.29) is 5.82 Å². The Labute approximate surface area is 89.8 Å². The van der Waals surface area contributed by atoms with Gasteiger partial charge in [-0.2, -0.15) is 4.98 Å². The number of nitrogens with two attached hydrogens (primary N) is 1. The maximum Gasteiger partial charge on any atom is 0.351 e. The molecule has 2 atom stereocenters. The van der Waals surface area contributed by atoms with Crippen molar-refractivity contribution >= 4 is 5.82 Å². The van der Waals surface area contributed by atoms with E-state index in [0.717, 1.165) is 10.6 Å². The average Bonchev–Trinajstić information content (AvgIpc) is 2.59. The van der Waals surface area contributed by atoms with Crippen LogP contribution in [0.2, 0.25) is 0 Å². The highest BCUT2D eigenvalue weighted by atomic mass is 19.1. The summed E-state index contributed by atoms with van der Waals surface area (Å²) in [6.07, 6.45) is 0.561. The number of anilines is 1. The van der Waals surface area contributed by atoms with Crippen LogP contribution in [0.3, 0.4) is 0 Å². The molecule has 0 saturated carbocycles. The highest BCUT2D eigenvalue weighted by Crippen LogP contribution is 2.26. The Morgan fingerprint density at radius 1 is 1.69 bits per heavy atom. The van der Waals surface area contributed by atoms with Crippen molar-refractivity contribution in [3.8, 4) is 0 Å². The SMILES string of the molecule is Nc1ccn([C@@H]2C=C(F)C(CO)O2)c(=O)n1. The highest BCUT2D eigenvalue weighted by Gasteiger charge is 2.28. The first-order valence-corrected chi connectivity index (χ1v) is 4.60. The monoisotopic (exact) mass is 227 g/mol. The minimum Gasteiger partial charge on any atom is -0.393 e. The lowest BCUT2D eigenvalue weighted by atomic mass is 10.3. The maximum absolute atomic E-state index is 13.2. The minimum absolute atomic E-state index is 0.0856. The third-order valence-corrected chi connectivity index (χ3v) is 2.20. The van der Waals surface area contributed by atoms with Crippen molar-refractivity contribution in [3.05, 3.63) is 34.7 Å². The smallest absolute Gasteiger partial charge is 0.351 e. The molecule has 86 valence electrons. The summed E-state index contributed by atoms with van der Waals surface area (Å²) < 4.78 is 19.3. The van der Waals surface area contributed by atoms with E-state index < -0.39 is 30.5 Å². The van der Waals surface area contributed by atoms with Crippen LogP contribution in [0.5, 0.6) is 0 Å². The van der Waals surface area contributed by atoms with Crippen LogP contribution in [0.25, 0.3) is 0 Å². The van der Waals surface area contributed by atoms with E-state index >= 15 is 0 Å². The summed E-state index contributed by atoms with van der Waals surface area (Å²) in [6, 6.07) is 1.41. The summed E-state index contributed by atoms with van der Waals surface area (Å²) in [7, 11) is 0. The third kappa shape index (κ3) is 1.82. The molecule has 3 N–H and O–H groups in total. The largest absolute Gasteiger partial charge is 0.393 e. The van der Waals surface area contributed by atoms with Crippen molar-refractivity contribution in [3.63, 3.8) is 0 Å². The molecule has 16 heavy (non-hydrogen) atoms. The molecule has 0 fully saturated rings. The van der Waals surface area contributed by atoms with Gasteiger partial charge in [-0.25, -0.2) is 9.18 Å². The van der Waals surface area contributed by atoms with E-state index in [2.05, 4.69) is 4.98 Å². The first-order valence-electron chi connectivity index (χ1n) is 4.60. The van der Waals surface area contributed by atoms with Crippen LogP contribution < -0.4 is 11.4 Å². The summed E-state index contributed by atoms with van der Waals surface area (Å²) in [6.45, 7) is -0.476. The molecule has 7 heteroatoms. The number of nitrogen functional groups attached to an aromatic ring is 1. The molecule has 0 bridgehead atoms. The molecule has 1 aliphatic heterocycles. The van der Waals surface area contributed by atoms with E-state index in [4.69, 9.17) is 15.6 Å². The lowest BCUT2D eigenvalue weighted by Gasteiger charge is -2.14. The molecule has 1 aliphatic rings. The summed E-state index contributed by atoms with van der Waals surface area (Å²) >= 11 is 0. The summed E-state index contributed by atoms with van der Waals surface area (Å²) in [5.74, 6) is -0.515. The van der Waals surface area contributed by atoms with Crippen molar-refractivity contribution in [2.45, 2.75) is 12.3 Å². The molecule has 0 aliphatic carbocycles. The molecule has 6 nitrogen and oxygen atoms in total. The van der Waals surface area contributed by atoms with E-state index in [0.29, 0.717) is 0 Å². The van der Waals surface area contributed by atoms with Crippen LogP contribution in [0.1, 0.15) is 6.23 Å². The van der Waals surface area contributed by atoms with Gasteiger partial charge >= 0.3 is 5.69 Å². The first kappa shape index (κ1) is 10.8. The van der Waals surface area contributed by atoms with Gasteiger partial charge in [-0.1, -0.05) is 0 Å². The Kier molecular flexibility index (Phi) is 2.71.